The number of carbonyl (C=O) groups excluding carboxylic acids is 2. The van der Waals surface area contributed by atoms with Crippen molar-refractivity contribution < 1.29 is 37.0 Å². The predicted molar refractivity (Wildman–Crippen MR) is 134 cm³/mol. The maximum atomic E-state index is 13.4. The van der Waals surface area contributed by atoms with Crippen LogP contribution in [0.1, 0.15) is 17.5 Å². The number of nitrogens with two attached hydrogens (primary N) is 1. The van der Waals surface area contributed by atoms with Crippen LogP contribution in [-0.4, -0.2) is 43.9 Å². The molecule has 1 saturated heterocycles. The number of methoxy groups -OCH3 is 1. The first kappa shape index (κ1) is 28.3. The van der Waals surface area contributed by atoms with Gasteiger partial charge in [-0.05, 0) is 35.9 Å². The molecule has 0 radical (unpaired) electrons. The second-order valence-corrected chi connectivity index (χ2v) is 8.21. The number of ether oxygens (including phenoxy) is 3. The first-order valence-corrected chi connectivity index (χ1v) is 11.4. The molecule has 2 amide bonds. The molecule has 1 aliphatic rings. The molecule has 0 aromatic heterocycles. The third-order valence-corrected chi connectivity index (χ3v) is 5.67. The third-order valence-electron chi connectivity index (χ3n) is 5.67. The van der Waals surface area contributed by atoms with E-state index in [0.717, 1.165) is 12.3 Å². The van der Waals surface area contributed by atoms with Crippen LogP contribution in [0.3, 0.4) is 0 Å². The maximum Gasteiger partial charge on any atom is 0.420 e. The highest BCUT2D eigenvalue weighted by Gasteiger charge is 2.44. The molecule has 0 unspecified atom stereocenters. The van der Waals surface area contributed by atoms with E-state index in [4.69, 9.17) is 19.9 Å². The van der Waals surface area contributed by atoms with Crippen LogP contribution in [0.4, 0.5) is 13.2 Å². The minimum Gasteiger partial charge on any atom is -0.497 e. The van der Waals surface area contributed by atoms with Crippen LogP contribution in [-0.2, 0) is 27.0 Å². The monoisotopic (exact) mass is 532 g/mol. The number of benzene rings is 2. The van der Waals surface area contributed by atoms with E-state index in [1.54, 1.807) is 12.1 Å². The van der Waals surface area contributed by atoms with Gasteiger partial charge in [-0.1, -0.05) is 18.7 Å². The van der Waals surface area contributed by atoms with E-state index in [-0.39, 0.29) is 49.0 Å². The number of hydrogen-bond donors (Lipinski definition) is 3. The molecule has 3 rings (SSSR count). The smallest absolute Gasteiger partial charge is 0.420 e. The SMILES string of the molecule is C=CN=C/C(=C\N)C(=O)N[C@]1(C(=O)NCc2ccc(Oc3ccc(OC)cc3C(F)(F)F)cc2)CCOC1. The molecule has 1 aliphatic heterocycles. The van der Waals surface area contributed by atoms with Gasteiger partial charge in [0.05, 0.1) is 19.3 Å². The lowest BCUT2D eigenvalue weighted by Crippen LogP contribution is -2.59. The van der Waals surface area contributed by atoms with Crippen LogP contribution in [0, 0.1) is 0 Å². The fraction of sp³-hybridized carbons (Fsp3) is 0.269. The number of hydrogen-bond acceptors (Lipinski definition) is 7. The highest BCUT2D eigenvalue weighted by molar-refractivity contribution is 6.13. The molecule has 0 spiro atoms. The van der Waals surface area contributed by atoms with E-state index in [9.17, 15) is 22.8 Å². The molecule has 2 aromatic rings. The van der Waals surface area contributed by atoms with Gasteiger partial charge in [-0.2, -0.15) is 13.2 Å². The van der Waals surface area contributed by atoms with Crippen LogP contribution >= 0.6 is 0 Å². The number of alkyl halides is 3. The van der Waals surface area contributed by atoms with Crippen molar-refractivity contribution in [2.45, 2.75) is 24.7 Å². The summed E-state index contributed by atoms with van der Waals surface area (Å²) in [5, 5.41) is 5.44. The van der Waals surface area contributed by atoms with Gasteiger partial charge in [-0.25, -0.2) is 0 Å². The number of nitrogens with one attached hydrogen (secondary N) is 2. The van der Waals surface area contributed by atoms with Gasteiger partial charge in [0.25, 0.3) is 5.91 Å². The molecule has 202 valence electrons. The van der Waals surface area contributed by atoms with Crippen LogP contribution in [0.2, 0.25) is 0 Å². The number of rotatable bonds is 10. The van der Waals surface area contributed by atoms with E-state index < -0.39 is 29.1 Å². The van der Waals surface area contributed by atoms with Crippen LogP contribution in [0.25, 0.3) is 0 Å². The van der Waals surface area contributed by atoms with E-state index in [1.807, 2.05) is 0 Å². The van der Waals surface area contributed by atoms with E-state index in [1.165, 1.54) is 43.8 Å². The molecule has 0 bridgehead atoms. The van der Waals surface area contributed by atoms with Crippen LogP contribution in [0.15, 0.2) is 72.0 Å². The molecular formula is C26H27F3N4O5. The summed E-state index contributed by atoms with van der Waals surface area (Å²) in [7, 11) is 1.27. The molecule has 12 heteroatoms. The predicted octanol–water partition coefficient (Wildman–Crippen LogP) is 3.45. The molecule has 1 atom stereocenters. The number of carbonyl (C=O) groups is 2. The second-order valence-electron chi connectivity index (χ2n) is 8.21. The van der Waals surface area contributed by atoms with E-state index in [2.05, 4.69) is 22.2 Å². The molecule has 0 aliphatic carbocycles. The average Bonchev–Trinajstić information content (AvgIpc) is 3.37. The van der Waals surface area contributed by atoms with Crippen LogP contribution < -0.4 is 25.8 Å². The maximum absolute atomic E-state index is 13.4. The summed E-state index contributed by atoms with van der Waals surface area (Å²) in [6, 6.07) is 9.58. The molecule has 1 heterocycles. The Hall–Kier alpha value is -4.32. The van der Waals surface area contributed by atoms with Gasteiger partial charge in [-0.3, -0.25) is 14.6 Å². The zero-order valence-corrected chi connectivity index (χ0v) is 20.5. The summed E-state index contributed by atoms with van der Waals surface area (Å²) >= 11 is 0. The van der Waals surface area contributed by atoms with Crippen molar-refractivity contribution in [3.63, 3.8) is 0 Å². The summed E-state index contributed by atoms with van der Waals surface area (Å²) in [5.41, 5.74) is 3.91. The summed E-state index contributed by atoms with van der Waals surface area (Å²) in [4.78, 5) is 29.4. The minimum atomic E-state index is -4.64. The number of amides is 2. The molecule has 1 fully saturated rings. The average molecular weight is 533 g/mol. The third kappa shape index (κ3) is 6.91. The quantitative estimate of drug-likeness (QED) is 0.318. The van der Waals surface area contributed by atoms with Crippen molar-refractivity contribution >= 4 is 18.0 Å². The largest absolute Gasteiger partial charge is 0.497 e. The topological polar surface area (TPSA) is 124 Å². The second kappa shape index (κ2) is 12.3. The first-order chi connectivity index (χ1) is 18.1. The number of halogens is 3. The Bertz CT molecular complexity index is 1220. The minimum absolute atomic E-state index is 0.0306. The molecular weight excluding hydrogens is 505 g/mol. The normalized spacial score (nSPS) is 17.7. The van der Waals surface area contributed by atoms with Gasteiger partial charge in [0.1, 0.15) is 28.4 Å². The Morgan fingerprint density at radius 1 is 1.21 bits per heavy atom. The number of aliphatic imine (C=N–C) groups is 1. The fourth-order valence-corrected chi connectivity index (χ4v) is 3.60. The van der Waals surface area contributed by atoms with E-state index >= 15 is 0 Å². The van der Waals surface area contributed by atoms with Crippen LogP contribution in [0.5, 0.6) is 17.2 Å². The highest BCUT2D eigenvalue weighted by atomic mass is 19.4. The molecule has 0 saturated carbocycles. The first-order valence-electron chi connectivity index (χ1n) is 11.4. The van der Waals surface area contributed by atoms with Gasteiger partial charge in [-0.15, -0.1) is 0 Å². The zero-order chi connectivity index (χ0) is 27.8. The standard InChI is InChI=1S/C26H27F3N4O5/c1-3-31-15-18(13-30)23(34)33-25(10-11-37-16-25)24(35)32-14-17-4-6-19(7-5-17)38-22-9-8-20(36-2)12-21(22)26(27,28)29/h3-9,12-13,15H,1,10-11,14,16,30H2,2H3,(H,32,35)(H,33,34)/b18-13+,31-15?/t25-/m1/s1. The zero-order valence-electron chi connectivity index (χ0n) is 20.5. The van der Waals surface area contributed by atoms with Gasteiger partial charge in [0.2, 0.25) is 5.91 Å². The summed E-state index contributed by atoms with van der Waals surface area (Å²) in [5.74, 6) is -1.21. The lowest BCUT2D eigenvalue weighted by atomic mass is 9.96. The Balaban J connectivity index is 1.66. The van der Waals surface area contributed by atoms with Crippen molar-refractivity contribution in [3.05, 3.63) is 78.1 Å². The van der Waals surface area contributed by atoms with Gasteiger partial charge < -0.3 is 30.6 Å². The van der Waals surface area contributed by atoms with Crippen molar-refractivity contribution in [2.75, 3.05) is 20.3 Å². The Morgan fingerprint density at radius 3 is 2.50 bits per heavy atom. The Labute approximate surface area is 217 Å². The number of nitrogens with zero attached hydrogens (tertiary/aromatic N) is 1. The van der Waals surface area contributed by atoms with Gasteiger partial charge in [0, 0.05) is 38.2 Å². The lowest BCUT2D eigenvalue weighted by Gasteiger charge is -2.27. The molecule has 4 N–H and O–H groups in total. The fourth-order valence-electron chi connectivity index (χ4n) is 3.60. The lowest BCUT2D eigenvalue weighted by molar-refractivity contribution is -0.138. The highest BCUT2D eigenvalue weighted by Crippen LogP contribution is 2.40. The molecule has 2 aromatic carbocycles. The van der Waals surface area contributed by atoms with Crippen molar-refractivity contribution in [1.82, 2.24) is 10.6 Å². The summed E-state index contributed by atoms with van der Waals surface area (Å²) in [6.45, 7) is 3.76. The van der Waals surface area contributed by atoms with Crippen molar-refractivity contribution in [2.24, 2.45) is 10.7 Å². The summed E-state index contributed by atoms with van der Waals surface area (Å²) < 4.78 is 56.0. The Morgan fingerprint density at radius 2 is 1.92 bits per heavy atom. The molecule has 9 nitrogen and oxygen atoms in total. The Kier molecular flexibility index (Phi) is 9.13. The van der Waals surface area contributed by atoms with Gasteiger partial charge in [0.15, 0.2) is 0 Å². The van der Waals surface area contributed by atoms with Gasteiger partial charge >= 0.3 is 6.18 Å². The van der Waals surface area contributed by atoms with Crippen molar-refractivity contribution in [1.29, 1.82) is 0 Å². The van der Waals surface area contributed by atoms with Crippen molar-refractivity contribution in [3.8, 4) is 17.2 Å². The van der Waals surface area contributed by atoms with E-state index in [0.29, 0.717) is 5.56 Å². The molecule has 38 heavy (non-hydrogen) atoms. The summed E-state index contributed by atoms with van der Waals surface area (Å²) in [6.07, 6.45) is -0.867.